The van der Waals surface area contributed by atoms with E-state index in [2.05, 4.69) is 22.0 Å². The number of benzene rings is 1. The van der Waals surface area contributed by atoms with Gasteiger partial charge in [-0.3, -0.25) is 9.69 Å². The van der Waals surface area contributed by atoms with Gasteiger partial charge in [-0.05, 0) is 37.4 Å². The fourth-order valence-electron chi connectivity index (χ4n) is 3.33. The number of nitrogens with zero attached hydrogens (tertiary/aromatic N) is 2. The number of hydrogen-bond acceptors (Lipinski definition) is 4. The SMILES string of the molecule is CN(Cc1ccccc1)Cc1nc2sc3c(c2c(=O)[nH]1)CCC3. The molecule has 2 heterocycles. The molecule has 0 saturated heterocycles. The number of thiophene rings is 1. The maximum Gasteiger partial charge on any atom is 0.259 e. The third kappa shape index (κ3) is 2.82. The summed E-state index contributed by atoms with van der Waals surface area (Å²) in [5.41, 5.74) is 2.52. The number of rotatable bonds is 4. The highest BCUT2D eigenvalue weighted by Crippen LogP contribution is 2.34. The average Bonchev–Trinajstić information content (AvgIpc) is 3.08. The first-order valence-electron chi connectivity index (χ1n) is 7.96. The van der Waals surface area contributed by atoms with Crippen molar-refractivity contribution in [1.29, 1.82) is 0 Å². The maximum absolute atomic E-state index is 12.5. The van der Waals surface area contributed by atoms with Crippen molar-refractivity contribution < 1.29 is 0 Å². The first-order chi connectivity index (χ1) is 11.2. The number of aryl methyl sites for hydroxylation is 2. The molecule has 0 amide bonds. The monoisotopic (exact) mass is 325 g/mol. The maximum atomic E-state index is 12.5. The summed E-state index contributed by atoms with van der Waals surface area (Å²) < 4.78 is 0. The van der Waals surface area contributed by atoms with E-state index in [1.54, 1.807) is 11.3 Å². The minimum Gasteiger partial charge on any atom is -0.309 e. The fraction of sp³-hybridized carbons (Fsp3) is 0.333. The van der Waals surface area contributed by atoms with Gasteiger partial charge >= 0.3 is 0 Å². The lowest BCUT2D eigenvalue weighted by Gasteiger charge is -2.15. The van der Waals surface area contributed by atoms with Crippen molar-refractivity contribution >= 4 is 21.6 Å². The number of hydrogen-bond donors (Lipinski definition) is 1. The molecule has 5 heteroatoms. The van der Waals surface area contributed by atoms with Crippen LogP contribution in [0.2, 0.25) is 0 Å². The molecule has 0 fully saturated rings. The van der Waals surface area contributed by atoms with E-state index in [1.807, 2.05) is 25.2 Å². The molecule has 1 N–H and O–H groups in total. The smallest absolute Gasteiger partial charge is 0.259 e. The molecule has 3 aromatic rings. The highest BCUT2D eigenvalue weighted by atomic mass is 32.1. The summed E-state index contributed by atoms with van der Waals surface area (Å²) >= 11 is 1.70. The largest absolute Gasteiger partial charge is 0.309 e. The van der Waals surface area contributed by atoms with Crippen LogP contribution in [0.1, 0.15) is 28.2 Å². The zero-order valence-corrected chi connectivity index (χ0v) is 13.9. The molecular weight excluding hydrogens is 306 g/mol. The van der Waals surface area contributed by atoms with Crippen LogP contribution in [-0.4, -0.2) is 21.9 Å². The van der Waals surface area contributed by atoms with Gasteiger partial charge in [-0.25, -0.2) is 4.98 Å². The minimum atomic E-state index is 0.0255. The Hall–Kier alpha value is -1.98. The highest BCUT2D eigenvalue weighted by Gasteiger charge is 2.21. The second-order valence-electron chi connectivity index (χ2n) is 6.21. The molecule has 0 spiro atoms. The number of H-pyrrole nitrogens is 1. The Balaban J connectivity index is 1.59. The van der Waals surface area contributed by atoms with Crippen LogP contribution in [0.15, 0.2) is 35.1 Å². The molecule has 1 aliphatic carbocycles. The molecule has 0 aliphatic heterocycles. The van der Waals surface area contributed by atoms with Crippen LogP contribution >= 0.6 is 11.3 Å². The van der Waals surface area contributed by atoms with E-state index in [4.69, 9.17) is 4.98 Å². The number of aromatic amines is 1. The molecule has 1 aromatic carbocycles. The molecule has 4 nitrogen and oxygen atoms in total. The van der Waals surface area contributed by atoms with E-state index in [0.717, 1.165) is 41.8 Å². The van der Waals surface area contributed by atoms with Gasteiger partial charge < -0.3 is 4.98 Å². The molecule has 0 unspecified atom stereocenters. The molecule has 0 saturated carbocycles. The molecular formula is C18H19N3OS. The minimum absolute atomic E-state index is 0.0255. The Morgan fingerprint density at radius 3 is 2.87 bits per heavy atom. The van der Waals surface area contributed by atoms with Gasteiger partial charge in [0.15, 0.2) is 0 Å². The molecule has 1 aliphatic rings. The van der Waals surface area contributed by atoms with Crippen LogP contribution in [0.25, 0.3) is 10.2 Å². The van der Waals surface area contributed by atoms with E-state index in [0.29, 0.717) is 6.54 Å². The molecule has 118 valence electrons. The van der Waals surface area contributed by atoms with Gasteiger partial charge in [-0.1, -0.05) is 30.3 Å². The van der Waals surface area contributed by atoms with Crippen LogP contribution in [-0.2, 0) is 25.9 Å². The van der Waals surface area contributed by atoms with Crippen molar-refractivity contribution in [3.8, 4) is 0 Å². The van der Waals surface area contributed by atoms with E-state index in [1.165, 1.54) is 16.0 Å². The summed E-state index contributed by atoms with van der Waals surface area (Å²) in [5.74, 6) is 0.751. The van der Waals surface area contributed by atoms with Crippen molar-refractivity contribution in [3.05, 3.63) is 62.5 Å². The van der Waals surface area contributed by atoms with Crippen molar-refractivity contribution in [2.24, 2.45) is 0 Å². The van der Waals surface area contributed by atoms with Crippen LogP contribution in [0.4, 0.5) is 0 Å². The lowest BCUT2D eigenvalue weighted by Crippen LogP contribution is -2.21. The van der Waals surface area contributed by atoms with Crippen molar-refractivity contribution in [2.75, 3.05) is 7.05 Å². The van der Waals surface area contributed by atoms with Crippen molar-refractivity contribution in [3.63, 3.8) is 0 Å². The predicted octanol–water partition coefficient (Wildman–Crippen LogP) is 3.11. The van der Waals surface area contributed by atoms with Crippen molar-refractivity contribution in [2.45, 2.75) is 32.4 Å². The molecule has 23 heavy (non-hydrogen) atoms. The average molecular weight is 325 g/mol. The van der Waals surface area contributed by atoms with Gasteiger partial charge in [0.1, 0.15) is 10.7 Å². The van der Waals surface area contributed by atoms with E-state index < -0.39 is 0 Å². The molecule has 0 atom stereocenters. The van der Waals surface area contributed by atoms with Gasteiger partial charge in [0.25, 0.3) is 5.56 Å². The molecule has 4 rings (SSSR count). The van der Waals surface area contributed by atoms with Gasteiger partial charge in [-0.2, -0.15) is 0 Å². The molecule has 2 aromatic heterocycles. The highest BCUT2D eigenvalue weighted by molar-refractivity contribution is 7.18. The van der Waals surface area contributed by atoms with Crippen LogP contribution in [0.5, 0.6) is 0 Å². The first kappa shape index (κ1) is 14.6. The van der Waals surface area contributed by atoms with Crippen LogP contribution in [0.3, 0.4) is 0 Å². The zero-order chi connectivity index (χ0) is 15.8. The number of fused-ring (bicyclic) bond motifs is 3. The second kappa shape index (κ2) is 5.91. The van der Waals surface area contributed by atoms with Gasteiger partial charge in [0.05, 0.1) is 11.9 Å². The first-order valence-corrected chi connectivity index (χ1v) is 8.78. The summed E-state index contributed by atoms with van der Waals surface area (Å²) in [7, 11) is 2.05. The van der Waals surface area contributed by atoms with Gasteiger partial charge in [-0.15, -0.1) is 11.3 Å². The summed E-state index contributed by atoms with van der Waals surface area (Å²) in [5, 5.41) is 0.831. The van der Waals surface area contributed by atoms with Crippen LogP contribution < -0.4 is 5.56 Å². The van der Waals surface area contributed by atoms with E-state index in [9.17, 15) is 4.79 Å². The Morgan fingerprint density at radius 2 is 2.04 bits per heavy atom. The Morgan fingerprint density at radius 1 is 1.22 bits per heavy atom. The van der Waals surface area contributed by atoms with Gasteiger partial charge in [0, 0.05) is 11.4 Å². The van der Waals surface area contributed by atoms with E-state index in [-0.39, 0.29) is 5.56 Å². The normalized spacial score (nSPS) is 13.8. The van der Waals surface area contributed by atoms with Crippen molar-refractivity contribution in [1.82, 2.24) is 14.9 Å². The standard InChI is InChI=1S/C18H19N3OS/c1-21(10-12-6-3-2-4-7-12)11-15-19-17(22)16-13-8-5-9-14(13)23-18(16)20-15/h2-4,6-7H,5,8-11H2,1H3,(H,19,20,22). The third-order valence-corrected chi connectivity index (χ3v) is 5.52. The number of aromatic nitrogens is 2. The zero-order valence-electron chi connectivity index (χ0n) is 13.1. The predicted molar refractivity (Wildman–Crippen MR) is 93.9 cm³/mol. The van der Waals surface area contributed by atoms with E-state index >= 15 is 0 Å². The summed E-state index contributed by atoms with van der Waals surface area (Å²) in [4.78, 5) is 24.6. The van der Waals surface area contributed by atoms with Crippen LogP contribution in [0, 0.1) is 0 Å². The fourth-order valence-corrected chi connectivity index (χ4v) is 4.61. The summed E-state index contributed by atoms with van der Waals surface area (Å²) in [6, 6.07) is 10.3. The summed E-state index contributed by atoms with van der Waals surface area (Å²) in [6.07, 6.45) is 3.28. The third-order valence-electron chi connectivity index (χ3n) is 4.34. The lowest BCUT2D eigenvalue weighted by molar-refractivity contribution is 0.311. The molecule has 0 radical (unpaired) electrons. The summed E-state index contributed by atoms with van der Waals surface area (Å²) in [6.45, 7) is 1.48. The second-order valence-corrected chi connectivity index (χ2v) is 7.29. The molecule has 0 bridgehead atoms. The lowest BCUT2D eigenvalue weighted by atomic mass is 10.2. The number of nitrogens with one attached hydrogen (secondary N) is 1. The Kier molecular flexibility index (Phi) is 3.75. The topological polar surface area (TPSA) is 49.0 Å². The Labute approximate surface area is 138 Å². The van der Waals surface area contributed by atoms with Gasteiger partial charge in [0.2, 0.25) is 0 Å². The quantitative estimate of drug-likeness (QED) is 0.802. The Bertz CT molecular complexity index is 898.